The monoisotopic (exact) mass is 335 g/mol. The van der Waals surface area contributed by atoms with E-state index in [0.717, 1.165) is 3.79 Å². The highest BCUT2D eigenvalue weighted by Crippen LogP contribution is 2.27. The number of halogens is 1. The highest BCUT2D eigenvalue weighted by molar-refractivity contribution is 9.11. The van der Waals surface area contributed by atoms with Gasteiger partial charge in [0, 0.05) is 10.9 Å². The topological polar surface area (TPSA) is 50.1 Å². The molecule has 0 bridgehead atoms. The molecular formula is C14H10BrNO2S. The van der Waals surface area contributed by atoms with Crippen molar-refractivity contribution in [3.63, 3.8) is 0 Å². The maximum absolute atomic E-state index is 12.3. The number of thiophene rings is 1. The second kappa shape index (κ2) is 6.00. The van der Waals surface area contributed by atoms with Crippen molar-refractivity contribution < 1.29 is 9.53 Å². The Hall–Kier alpha value is -1.64. The number of hydrogen-bond donors (Lipinski definition) is 0. The number of nitrogens with zero attached hydrogens (tertiary/aromatic N) is 1. The summed E-state index contributed by atoms with van der Waals surface area (Å²) in [5.41, 5.74) is 1.19. The van der Waals surface area contributed by atoms with Crippen LogP contribution < -0.4 is 4.74 Å². The molecule has 0 aliphatic heterocycles. The lowest BCUT2D eigenvalue weighted by atomic mass is 9.93. The van der Waals surface area contributed by atoms with Crippen molar-refractivity contribution in [1.82, 2.24) is 0 Å². The third-order valence-electron chi connectivity index (χ3n) is 2.67. The number of rotatable bonds is 4. The molecule has 0 N–H and O–H groups in total. The summed E-state index contributed by atoms with van der Waals surface area (Å²) in [4.78, 5) is 12.3. The zero-order valence-corrected chi connectivity index (χ0v) is 12.5. The molecule has 3 nitrogen and oxygen atoms in total. The molecule has 0 fully saturated rings. The lowest BCUT2D eigenvalue weighted by molar-refractivity contribution is 0.0979. The van der Waals surface area contributed by atoms with Crippen LogP contribution in [-0.2, 0) is 0 Å². The first-order valence-electron chi connectivity index (χ1n) is 5.47. The van der Waals surface area contributed by atoms with Crippen LogP contribution in [0.5, 0.6) is 5.75 Å². The smallest absolute Gasteiger partial charge is 0.185 e. The van der Waals surface area contributed by atoms with E-state index in [1.165, 1.54) is 11.3 Å². The normalized spacial score (nSPS) is 11.6. The molecule has 1 aromatic carbocycles. The predicted molar refractivity (Wildman–Crippen MR) is 77.7 cm³/mol. The van der Waals surface area contributed by atoms with Gasteiger partial charge >= 0.3 is 0 Å². The van der Waals surface area contributed by atoms with Gasteiger partial charge in [0.25, 0.3) is 0 Å². The summed E-state index contributed by atoms with van der Waals surface area (Å²) < 4.78 is 5.99. The average Bonchev–Trinajstić information content (AvgIpc) is 2.86. The Morgan fingerprint density at radius 2 is 2.26 bits per heavy atom. The number of hydrogen-bond acceptors (Lipinski definition) is 4. The van der Waals surface area contributed by atoms with E-state index in [1.54, 1.807) is 42.8 Å². The second-order valence-corrected chi connectivity index (χ2v) is 6.13. The molecule has 1 aromatic heterocycles. The first-order chi connectivity index (χ1) is 9.15. The number of ether oxygens (including phenoxy) is 1. The van der Waals surface area contributed by atoms with Crippen LogP contribution in [0.1, 0.15) is 21.8 Å². The van der Waals surface area contributed by atoms with Crippen LogP contribution in [0.25, 0.3) is 0 Å². The highest BCUT2D eigenvalue weighted by Gasteiger charge is 2.23. The quantitative estimate of drug-likeness (QED) is 0.793. The standard InChI is InChI=1S/C14H10BrNO2S/c1-18-11-4-2-3-9(5-11)12(7-16)14(17)10-6-13(15)19-8-10/h2-6,8,12H,1H3. The Kier molecular flexibility index (Phi) is 4.35. The van der Waals surface area contributed by atoms with Gasteiger partial charge in [-0.3, -0.25) is 4.79 Å². The SMILES string of the molecule is COc1cccc(C(C#N)C(=O)c2csc(Br)c2)c1. The van der Waals surface area contributed by atoms with Crippen molar-refractivity contribution in [2.45, 2.75) is 5.92 Å². The largest absolute Gasteiger partial charge is 0.497 e. The predicted octanol–water partition coefficient (Wildman–Crippen LogP) is 4.01. The van der Waals surface area contributed by atoms with Gasteiger partial charge in [0.1, 0.15) is 11.7 Å². The molecule has 96 valence electrons. The third kappa shape index (κ3) is 3.03. The fourth-order valence-electron chi connectivity index (χ4n) is 1.71. The van der Waals surface area contributed by atoms with Gasteiger partial charge in [0.05, 0.1) is 17.0 Å². The zero-order chi connectivity index (χ0) is 13.8. The number of carbonyl (C=O) groups is 1. The molecule has 2 aromatic rings. The average molecular weight is 336 g/mol. The number of carbonyl (C=O) groups excluding carboxylic acids is 1. The van der Waals surface area contributed by atoms with Crippen LogP contribution in [0.4, 0.5) is 0 Å². The maximum Gasteiger partial charge on any atom is 0.185 e. The first-order valence-corrected chi connectivity index (χ1v) is 7.14. The van der Waals surface area contributed by atoms with Crippen molar-refractivity contribution in [2.75, 3.05) is 7.11 Å². The molecule has 5 heteroatoms. The van der Waals surface area contributed by atoms with Crippen molar-refractivity contribution in [2.24, 2.45) is 0 Å². The fourth-order valence-corrected chi connectivity index (χ4v) is 2.86. The summed E-state index contributed by atoms with van der Waals surface area (Å²) in [6.07, 6.45) is 0. The molecule has 0 aliphatic rings. The molecule has 0 aliphatic carbocycles. The van der Waals surface area contributed by atoms with Crippen molar-refractivity contribution in [3.8, 4) is 11.8 Å². The number of benzene rings is 1. The summed E-state index contributed by atoms with van der Waals surface area (Å²) in [6.45, 7) is 0. The number of nitriles is 1. The molecule has 1 unspecified atom stereocenters. The molecular weight excluding hydrogens is 326 g/mol. The number of ketones is 1. The van der Waals surface area contributed by atoms with Crippen LogP contribution in [-0.4, -0.2) is 12.9 Å². The minimum Gasteiger partial charge on any atom is -0.497 e. The van der Waals surface area contributed by atoms with Gasteiger partial charge in [-0.15, -0.1) is 11.3 Å². The van der Waals surface area contributed by atoms with Gasteiger partial charge in [-0.1, -0.05) is 12.1 Å². The molecule has 0 radical (unpaired) electrons. The summed E-state index contributed by atoms with van der Waals surface area (Å²) in [7, 11) is 1.55. The zero-order valence-electron chi connectivity index (χ0n) is 10.1. The maximum atomic E-state index is 12.3. The van der Waals surface area contributed by atoms with Crippen LogP contribution in [0.2, 0.25) is 0 Å². The van der Waals surface area contributed by atoms with Crippen molar-refractivity contribution in [3.05, 3.63) is 50.6 Å². The minimum absolute atomic E-state index is 0.197. The number of Topliss-reactive ketones (excluding diaryl/α,β-unsaturated/α-hetero) is 1. The van der Waals surface area contributed by atoms with E-state index in [-0.39, 0.29) is 5.78 Å². The Labute approximate surface area is 123 Å². The Morgan fingerprint density at radius 3 is 2.84 bits per heavy atom. The summed E-state index contributed by atoms with van der Waals surface area (Å²) in [5, 5.41) is 11.0. The van der Waals surface area contributed by atoms with E-state index in [0.29, 0.717) is 16.9 Å². The summed E-state index contributed by atoms with van der Waals surface area (Å²) in [5.74, 6) is -0.369. The third-order valence-corrected chi connectivity index (χ3v) is 4.17. The van der Waals surface area contributed by atoms with E-state index >= 15 is 0 Å². The second-order valence-electron chi connectivity index (χ2n) is 3.84. The fraction of sp³-hybridized carbons (Fsp3) is 0.143. The Balaban J connectivity index is 2.34. The van der Waals surface area contributed by atoms with Gasteiger partial charge < -0.3 is 4.74 Å². The summed E-state index contributed by atoms with van der Waals surface area (Å²) >= 11 is 4.74. The van der Waals surface area contributed by atoms with Crippen LogP contribution in [0.3, 0.4) is 0 Å². The highest BCUT2D eigenvalue weighted by atomic mass is 79.9. The van der Waals surface area contributed by atoms with E-state index in [1.807, 2.05) is 0 Å². The van der Waals surface area contributed by atoms with E-state index in [2.05, 4.69) is 22.0 Å². The van der Waals surface area contributed by atoms with Gasteiger partial charge in [-0.05, 0) is 39.7 Å². The van der Waals surface area contributed by atoms with E-state index < -0.39 is 5.92 Å². The lowest BCUT2D eigenvalue weighted by Crippen LogP contribution is -2.10. The Morgan fingerprint density at radius 1 is 1.47 bits per heavy atom. The molecule has 0 spiro atoms. The van der Waals surface area contributed by atoms with Gasteiger partial charge in [-0.25, -0.2) is 0 Å². The van der Waals surface area contributed by atoms with Crippen molar-refractivity contribution in [1.29, 1.82) is 5.26 Å². The van der Waals surface area contributed by atoms with Crippen LogP contribution >= 0.6 is 27.3 Å². The number of methoxy groups -OCH3 is 1. The van der Waals surface area contributed by atoms with Gasteiger partial charge in [0.15, 0.2) is 5.78 Å². The molecule has 0 saturated heterocycles. The van der Waals surface area contributed by atoms with E-state index in [4.69, 9.17) is 4.74 Å². The van der Waals surface area contributed by atoms with Crippen LogP contribution in [0, 0.1) is 11.3 Å². The molecule has 0 saturated carbocycles. The molecule has 1 atom stereocenters. The van der Waals surface area contributed by atoms with E-state index in [9.17, 15) is 10.1 Å². The minimum atomic E-state index is -0.809. The Bertz CT molecular complexity index is 645. The van der Waals surface area contributed by atoms with Crippen molar-refractivity contribution >= 4 is 33.0 Å². The molecule has 0 amide bonds. The summed E-state index contributed by atoms with van der Waals surface area (Å²) in [6, 6.07) is 10.8. The molecule has 1 heterocycles. The molecule has 2 rings (SSSR count). The van der Waals surface area contributed by atoms with Gasteiger partial charge in [-0.2, -0.15) is 5.26 Å². The molecule has 19 heavy (non-hydrogen) atoms. The van der Waals surface area contributed by atoms with Gasteiger partial charge in [0.2, 0.25) is 0 Å². The van der Waals surface area contributed by atoms with Crippen LogP contribution in [0.15, 0.2) is 39.5 Å². The first kappa shape index (κ1) is 13.8. The lowest BCUT2D eigenvalue weighted by Gasteiger charge is -2.09.